The number of thiazole rings is 1. The molecular weight excluding hydrogens is 486 g/mol. The van der Waals surface area contributed by atoms with Gasteiger partial charge in [-0.25, -0.2) is 4.98 Å². The first-order chi connectivity index (χ1) is 18.0. The van der Waals surface area contributed by atoms with E-state index in [1.807, 2.05) is 17.9 Å². The van der Waals surface area contributed by atoms with Gasteiger partial charge in [0.15, 0.2) is 0 Å². The zero-order valence-corrected chi connectivity index (χ0v) is 22.2. The Balaban J connectivity index is 1.29. The zero-order chi connectivity index (χ0) is 25.8. The quantitative estimate of drug-likeness (QED) is 0.461. The molecule has 2 amide bonds. The van der Waals surface area contributed by atoms with Gasteiger partial charge in [0.1, 0.15) is 23.1 Å². The van der Waals surface area contributed by atoms with E-state index >= 15 is 0 Å². The first-order valence-electron chi connectivity index (χ1n) is 13.0. The Morgan fingerprint density at radius 1 is 1.22 bits per heavy atom. The Morgan fingerprint density at radius 2 is 2.05 bits per heavy atom. The molecule has 0 bridgehead atoms. The number of aryl methyl sites for hydroxylation is 1. The van der Waals surface area contributed by atoms with Crippen molar-refractivity contribution in [3.63, 3.8) is 0 Å². The van der Waals surface area contributed by atoms with Crippen LogP contribution in [0.1, 0.15) is 70.0 Å². The molecule has 194 valence electrons. The normalized spacial score (nSPS) is 18.9. The van der Waals surface area contributed by atoms with Crippen molar-refractivity contribution in [3.8, 4) is 5.75 Å². The van der Waals surface area contributed by atoms with Gasteiger partial charge < -0.3 is 19.7 Å². The zero-order valence-electron chi connectivity index (χ0n) is 21.4. The summed E-state index contributed by atoms with van der Waals surface area (Å²) in [4.78, 5) is 31.8. The Morgan fingerprint density at radius 3 is 2.81 bits per heavy atom. The van der Waals surface area contributed by atoms with E-state index in [1.54, 1.807) is 5.38 Å². The van der Waals surface area contributed by atoms with Gasteiger partial charge in [0, 0.05) is 31.5 Å². The van der Waals surface area contributed by atoms with Gasteiger partial charge in [0.25, 0.3) is 5.91 Å². The Labute approximate surface area is 221 Å². The van der Waals surface area contributed by atoms with Crippen LogP contribution >= 0.6 is 11.3 Å². The SMILES string of the molecule is CCC(=O)N1CCc2ccc(OCc3nc(C(=O)NC[C@@H]4CCCO4)cs3)cc2[C@@H]1c1ccc(C)cc1. The van der Waals surface area contributed by atoms with Crippen molar-refractivity contribution in [2.75, 3.05) is 19.7 Å². The average Bonchev–Trinajstić information content (AvgIpc) is 3.62. The minimum Gasteiger partial charge on any atom is -0.486 e. The summed E-state index contributed by atoms with van der Waals surface area (Å²) in [6.45, 7) is 6.23. The van der Waals surface area contributed by atoms with E-state index in [2.05, 4.69) is 53.6 Å². The van der Waals surface area contributed by atoms with Crippen molar-refractivity contribution in [1.29, 1.82) is 0 Å². The second kappa shape index (κ2) is 11.4. The van der Waals surface area contributed by atoms with Gasteiger partial charge in [0.05, 0.1) is 12.1 Å². The molecule has 5 rings (SSSR count). The first kappa shape index (κ1) is 25.4. The van der Waals surface area contributed by atoms with Crippen LogP contribution in [0.15, 0.2) is 47.8 Å². The third-order valence-corrected chi connectivity index (χ3v) is 7.84. The topological polar surface area (TPSA) is 80.8 Å². The third kappa shape index (κ3) is 5.86. The molecule has 2 atom stereocenters. The maximum absolute atomic E-state index is 12.8. The molecule has 1 N–H and O–H groups in total. The van der Waals surface area contributed by atoms with E-state index in [0.29, 0.717) is 25.2 Å². The number of aromatic nitrogens is 1. The van der Waals surface area contributed by atoms with Crippen LogP contribution in [0.4, 0.5) is 0 Å². The minimum atomic E-state index is -0.187. The first-order valence-corrected chi connectivity index (χ1v) is 13.9. The molecule has 1 fully saturated rings. The molecule has 0 spiro atoms. The Hall–Kier alpha value is -3.23. The predicted molar refractivity (Wildman–Crippen MR) is 143 cm³/mol. The summed E-state index contributed by atoms with van der Waals surface area (Å²) in [6, 6.07) is 14.4. The summed E-state index contributed by atoms with van der Waals surface area (Å²) in [5, 5.41) is 5.41. The summed E-state index contributed by atoms with van der Waals surface area (Å²) in [5.74, 6) is 0.685. The molecule has 0 unspecified atom stereocenters. The van der Waals surface area contributed by atoms with Gasteiger partial charge in [-0.3, -0.25) is 9.59 Å². The van der Waals surface area contributed by atoms with Crippen LogP contribution < -0.4 is 10.1 Å². The van der Waals surface area contributed by atoms with Crippen LogP contribution in [-0.4, -0.2) is 47.5 Å². The van der Waals surface area contributed by atoms with Crippen LogP contribution in [0.5, 0.6) is 5.75 Å². The second-order valence-corrected chi connectivity index (χ2v) is 10.6. The van der Waals surface area contributed by atoms with Crippen LogP contribution in [0.2, 0.25) is 0 Å². The van der Waals surface area contributed by atoms with Gasteiger partial charge in [-0.2, -0.15) is 0 Å². The number of hydrogen-bond acceptors (Lipinski definition) is 6. The summed E-state index contributed by atoms with van der Waals surface area (Å²) in [5.41, 5.74) is 5.03. The highest BCUT2D eigenvalue weighted by Gasteiger charge is 2.31. The highest BCUT2D eigenvalue weighted by molar-refractivity contribution is 7.09. The van der Waals surface area contributed by atoms with Crippen LogP contribution in [-0.2, 0) is 22.6 Å². The largest absolute Gasteiger partial charge is 0.486 e. The molecule has 2 aliphatic heterocycles. The van der Waals surface area contributed by atoms with Crippen LogP contribution in [0.3, 0.4) is 0 Å². The average molecular weight is 520 g/mol. The van der Waals surface area contributed by atoms with Crippen LogP contribution in [0.25, 0.3) is 0 Å². The fourth-order valence-corrected chi connectivity index (χ4v) is 5.68. The summed E-state index contributed by atoms with van der Waals surface area (Å²) in [7, 11) is 0. The number of ether oxygens (including phenoxy) is 2. The molecule has 1 aromatic heterocycles. The molecule has 3 heterocycles. The van der Waals surface area contributed by atoms with E-state index in [0.717, 1.165) is 47.8 Å². The van der Waals surface area contributed by atoms with E-state index in [9.17, 15) is 9.59 Å². The fraction of sp³-hybridized carbons (Fsp3) is 0.414. The van der Waals surface area contributed by atoms with E-state index in [-0.39, 0.29) is 30.6 Å². The van der Waals surface area contributed by atoms with Gasteiger partial charge in [-0.1, -0.05) is 42.8 Å². The Kier molecular flexibility index (Phi) is 7.86. The molecular formula is C29H33N3O4S. The van der Waals surface area contributed by atoms with Gasteiger partial charge >= 0.3 is 0 Å². The van der Waals surface area contributed by atoms with Crippen molar-refractivity contribution in [3.05, 3.63) is 80.8 Å². The van der Waals surface area contributed by atoms with Crippen molar-refractivity contribution < 1.29 is 19.1 Å². The monoisotopic (exact) mass is 519 g/mol. The standard InChI is InChI=1S/C29H33N3O4S/c1-3-27(33)32-13-12-20-10-11-22(15-24(20)28(32)21-8-6-19(2)7-9-21)36-17-26-31-25(18-37-26)29(34)30-16-23-5-4-14-35-23/h6-11,15,18,23,28H,3-5,12-14,16-17H2,1-2H3,(H,30,34)/t23-,28-/m0/s1. The van der Waals surface area contributed by atoms with Crippen molar-refractivity contribution >= 4 is 23.2 Å². The van der Waals surface area contributed by atoms with E-state index in [1.165, 1.54) is 22.5 Å². The number of benzene rings is 2. The number of nitrogens with one attached hydrogen (secondary N) is 1. The molecule has 2 aromatic carbocycles. The molecule has 37 heavy (non-hydrogen) atoms. The summed E-state index contributed by atoms with van der Waals surface area (Å²) >= 11 is 1.41. The molecule has 0 radical (unpaired) electrons. The number of carbonyl (C=O) groups is 2. The van der Waals surface area contributed by atoms with Gasteiger partial charge in [0.2, 0.25) is 5.91 Å². The molecule has 8 heteroatoms. The molecule has 2 aliphatic rings. The lowest BCUT2D eigenvalue weighted by Crippen LogP contribution is -2.40. The third-order valence-electron chi connectivity index (χ3n) is 7.02. The second-order valence-electron chi connectivity index (χ2n) is 9.62. The van der Waals surface area contributed by atoms with Crippen LogP contribution in [0, 0.1) is 6.92 Å². The number of nitrogens with zero attached hydrogens (tertiary/aromatic N) is 2. The molecule has 7 nitrogen and oxygen atoms in total. The number of carbonyl (C=O) groups excluding carboxylic acids is 2. The van der Waals surface area contributed by atoms with E-state index < -0.39 is 0 Å². The highest BCUT2D eigenvalue weighted by Crippen LogP contribution is 2.37. The van der Waals surface area contributed by atoms with Crippen molar-refractivity contribution in [2.45, 2.75) is 58.3 Å². The van der Waals surface area contributed by atoms with Gasteiger partial charge in [-0.05, 0) is 55.0 Å². The molecule has 0 aliphatic carbocycles. The Bertz CT molecular complexity index is 1250. The molecule has 3 aromatic rings. The smallest absolute Gasteiger partial charge is 0.270 e. The lowest BCUT2D eigenvalue weighted by molar-refractivity contribution is -0.132. The van der Waals surface area contributed by atoms with Crippen molar-refractivity contribution in [1.82, 2.24) is 15.2 Å². The lowest BCUT2D eigenvalue weighted by atomic mass is 9.87. The molecule has 0 saturated carbocycles. The number of hydrogen-bond donors (Lipinski definition) is 1. The number of fused-ring (bicyclic) bond motifs is 1. The maximum atomic E-state index is 12.8. The maximum Gasteiger partial charge on any atom is 0.270 e. The van der Waals surface area contributed by atoms with Gasteiger partial charge in [-0.15, -0.1) is 11.3 Å². The lowest BCUT2D eigenvalue weighted by Gasteiger charge is -2.38. The summed E-state index contributed by atoms with van der Waals surface area (Å²) < 4.78 is 11.7. The summed E-state index contributed by atoms with van der Waals surface area (Å²) in [6.07, 6.45) is 3.41. The molecule has 1 saturated heterocycles. The van der Waals surface area contributed by atoms with Crippen molar-refractivity contribution in [2.24, 2.45) is 0 Å². The van der Waals surface area contributed by atoms with E-state index in [4.69, 9.17) is 9.47 Å². The fourth-order valence-electron chi connectivity index (χ4n) is 4.99. The minimum absolute atomic E-state index is 0.0988. The number of rotatable bonds is 8. The number of amides is 2. The highest BCUT2D eigenvalue weighted by atomic mass is 32.1. The predicted octanol–water partition coefficient (Wildman–Crippen LogP) is 4.82.